The Kier molecular flexibility index (Phi) is 8.18. The van der Waals surface area contributed by atoms with Gasteiger partial charge in [-0.15, -0.1) is 0 Å². The topological polar surface area (TPSA) is 116 Å². The summed E-state index contributed by atoms with van der Waals surface area (Å²) in [6.07, 6.45) is 6.49. The number of fused-ring (bicyclic) bond motifs is 1. The number of methoxy groups -OCH3 is 2. The molecule has 2 N–H and O–H groups in total. The molecule has 214 valence electrons. The second kappa shape index (κ2) is 11.8. The van der Waals surface area contributed by atoms with Crippen LogP contribution in [-0.2, 0) is 16.1 Å². The summed E-state index contributed by atoms with van der Waals surface area (Å²) in [5, 5.41) is 12.3. The van der Waals surface area contributed by atoms with E-state index < -0.39 is 23.5 Å². The monoisotopic (exact) mass is 556 g/mol. The Labute approximate surface area is 230 Å². The second-order valence-corrected chi connectivity index (χ2v) is 10.7. The molecule has 2 aromatic heterocycles. The van der Waals surface area contributed by atoms with E-state index in [1.54, 1.807) is 16.7 Å². The Morgan fingerprint density at radius 2 is 1.75 bits per heavy atom. The summed E-state index contributed by atoms with van der Waals surface area (Å²) in [5.74, 6) is -2.77. The van der Waals surface area contributed by atoms with Crippen molar-refractivity contribution in [2.45, 2.75) is 76.3 Å². The predicted octanol–water partition coefficient (Wildman–Crippen LogP) is 5.20. The molecule has 1 aromatic carbocycles. The van der Waals surface area contributed by atoms with Gasteiger partial charge in [0.1, 0.15) is 12.4 Å². The highest BCUT2D eigenvalue weighted by Crippen LogP contribution is 2.41. The van der Waals surface area contributed by atoms with Gasteiger partial charge in [0.25, 0.3) is 0 Å². The van der Waals surface area contributed by atoms with Gasteiger partial charge in [-0.1, -0.05) is 19.3 Å². The number of rotatable bonds is 8. The number of nitrogens with one attached hydrogen (secondary N) is 1. The summed E-state index contributed by atoms with van der Waals surface area (Å²) >= 11 is 0. The van der Waals surface area contributed by atoms with Crippen molar-refractivity contribution in [3.8, 4) is 23.1 Å². The number of hydrogen-bond donors (Lipinski definition) is 2. The third-order valence-electron chi connectivity index (χ3n) is 8.21. The van der Waals surface area contributed by atoms with E-state index in [4.69, 9.17) is 14.5 Å². The van der Waals surface area contributed by atoms with Gasteiger partial charge in [-0.3, -0.25) is 9.59 Å². The number of amides is 1. The summed E-state index contributed by atoms with van der Waals surface area (Å²) < 4.78 is 42.8. The molecule has 2 aliphatic rings. The molecule has 2 aliphatic carbocycles. The molecule has 2 saturated carbocycles. The number of aromatic nitrogens is 3. The van der Waals surface area contributed by atoms with Gasteiger partial charge in [0.15, 0.2) is 11.6 Å². The Balaban J connectivity index is 1.57. The average Bonchev–Trinajstić information content (AvgIpc) is 3.30. The molecule has 0 radical (unpaired) electrons. The van der Waals surface area contributed by atoms with E-state index in [2.05, 4.69) is 10.3 Å². The maximum absolute atomic E-state index is 15.4. The smallest absolute Gasteiger partial charge is 0.306 e. The number of halogens is 2. The van der Waals surface area contributed by atoms with E-state index >= 15 is 8.78 Å². The third kappa shape index (κ3) is 5.46. The van der Waals surface area contributed by atoms with E-state index in [0.717, 1.165) is 38.2 Å². The highest BCUT2D eigenvalue weighted by molar-refractivity contribution is 5.88. The summed E-state index contributed by atoms with van der Waals surface area (Å²) in [4.78, 5) is 33.8. The van der Waals surface area contributed by atoms with Gasteiger partial charge in [-0.2, -0.15) is 4.98 Å². The molecule has 0 atom stereocenters. The molecule has 9 nitrogen and oxygen atoms in total. The van der Waals surface area contributed by atoms with Crippen LogP contribution in [0.4, 0.5) is 8.78 Å². The van der Waals surface area contributed by atoms with Crippen LogP contribution in [0.25, 0.3) is 22.4 Å². The van der Waals surface area contributed by atoms with Crippen LogP contribution in [0.5, 0.6) is 11.8 Å². The van der Waals surface area contributed by atoms with Gasteiger partial charge < -0.3 is 24.5 Å². The zero-order valence-corrected chi connectivity index (χ0v) is 22.7. The van der Waals surface area contributed by atoms with Crippen LogP contribution < -0.4 is 14.8 Å². The molecule has 3 aromatic rings. The number of carbonyl (C=O) groups excluding carboxylic acids is 1. The van der Waals surface area contributed by atoms with Crippen molar-refractivity contribution < 1.29 is 33.0 Å². The van der Waals surface area contributed by atoms with Gasteiger partial charge in [-0.25, -0.2) is 13.8 Å². The highest BCUT2D eigenvalue weighted by Gasteiger charge is 2.30. The quantitative estimate of drug-likeness (QED) is 0.392. The Morgan fingerprint density at radius 1 is 1.02 bits per heavy atom. The number of hydrogen-bond acceptors (Lipinski definition) is 6. The SMILES string of the molecule is COc1ccc(-c2nc3c(C4CCCCC4)c(F)c(F)cc3n2CC(=O)NC2CCC(C(=O)O)CC2)c(OC)n1. The van der Waals surface area contributed by atoms with Crippen LogP contribution in [0.1, 0.15) is 69.3 Å². The fourth-order valence-electron chi connectivity index (χ4n) is 6.12. The fourth-order valence-corrected chi connectivity index (χ4v) is 6.12. The molecule has 0 bridgehead atoms. The Bertz CT molecular complexity index is 1410. The van der Waals surface area contributed by atoms with Crippen molar-refractivity contribution in [1.29, 1.82) is 0 Å². The second-order valence-electron chi connectivity index (χ2n) is 10.7. The Morgan fingerprint density at radius 3 is 2.40 bits per heavy atom. The summed E-state index contributed by atoms with van der Waals surface area (Å²) in [5.41, 5.74) is 1.35. The first-order valence-electron chi connectivity index (χ1n) is 13.8. The molecule has 1 amide bonds. The lowest BCUT2D eigenvalue weighted by Crippen LogP contribution is -2.40. The Hall–Kier alpha value is -3.76. The summed E-state index contributed by atoms with van der Waals surface area (Å²) in [7, 11) is 2.93. The molecule has 0 spiro atoms. The van der Waals surface area contributed by atoms with Crippen molar-refractivity contribution in [3.05, 3.63) is 35.4 Å². The molecule has 0 unspecified atom stereocenters. The first-order chi connectivity index (χ1) is 19.3. The third-order valence-corrected chi connectivity index (χ3v) is 8.21. The lowest BCUT2D eigenvalue weighted by Gasteiger charge is -2.27. The number of aliphatic carboxylic acids is 1. The molecule has 0 aliphatic heterocycles. The van der Waals surface area contributed by atoms with Crippen LogP contribution >= 0.6 is 0 Å². The van der Waals surface area contributed by atoms with E-state index in [9.17, 15) is 14.7 Å². The van der Waals surface area contributed by atoms with Crippen LogP contribution in [0.3, 0.4) is 0 Å². The van der Waals surface area contributed by atoms with E-state index in [1.165, 1.54) is 14.2 Å². The maximum atomic E-state index is 15.4. The number of carbonyl (C=O) groups is 2. The minimum atomic E-state index is -0.979. The minimum absolute atomic E-state index is 0.162. The number of imidazole rings is 1. The molecule has 40 heavy (non-hydrogen) atoms. The number of ether oxygens (including phenoxy) is 2. The van der Waals surface area contributed by atoms with E-state index in [1.807, 2.05) is 0 Å². The molecule has 2 heterocycles. The van der Waals surface area contributed by atoms with Crippen molar-refractivity contribution in [3.63, 3.8) is 0 Å². The van der Waals surface area contributed by atoms with Crippen molar-refractivity contribution in [2.24, 2.45) is 5.92 Å². The van der Waals surface area contributed by atoms with Crippen LogP contribution in [-0.4, -0.2) is 51.8 Å². The maximum Gasteiger partial charge on any atom is 0.306 e. The number of carboxylic acid groups (broad SMARTS) is 1. The van der Waals surface area contributed by atoms with E-state index in [0.29, 0.717) is 54.0 Å². The number of pyridine rings is 1. The first-order valence-corrected chi connectivity index (χ1v) is 13.8. The molecule has 5 rings (SSSR count). The lowest BCUT2D eigenvalue weighted by atomic mass is 9.83. The minimum Gasteiger partial charge on any atom is -0.481 e. The van der Waals surface area contributed by atoms with Crippen LogP contribution in [0.15, 0.2) is 18.2 Å². The van der Waals surface area contributed by atoms with Crippen molar-refractivity contribution in [2.75, 3.05) is 14.2 Å². The number of nitrogens with zero attached hydrogens (tertiary/aromatic N) is 3. The first kappa shape index (κ1) is 27.8. The average molecular weight is 557 g/mol. The van der Waals surface area contributed by atoms with Crippen molar-refractivity contribution in [1.82, 2.24) is 19.9 Å². The number of benzene rings is 1. The fraction of sp³-hybridized carbons (Fsp3) is 0.517. The highest BCUT2D eigenvalue weighted by atomic mass is 19.2. The summed E-state index contributed by atoms with van der Waals surface area (Å²) in [6.45, 7) is -0.199. The van der Waals surface area contributed by atoms with Gasteiger partial charge in [0, 0.05) is 23.7 Å². The largest absolute Gasteiger partial charge is 0.481 e. The zero-order valence-electron chi connectivity index (χ0n) is 22.7. The molecule has 11 heteroatoms. The zero-order chi connectivity index (χ0) is 28.4. The predicted molar refractivity (Wildman–Crippen MR) is 143 cm³/mol. The molecule has 2 fully saturated rings. The van der Waals surface area contributed by atoms with Crippen molar-refractivity contribution >= 4 is 22.9 Å². The van der Waals surface area contributed by atoms with Gasteiger partial charge in [0.05, 0.1) is 36.7 Å². The summed E-state index contributed by atoms with van der Waals surface area (Å²) in [6, 6.07) is 4.26. The molecular formula is C29H34F2N4O5. The van der Waals surface area contributed by atoms with Crippen LogP contribution in [0, 0.1) is 17.6 Å². The van der Waals surface area contributed by atoms with Gasteiger partial charge >= 0.3 is 5.97 Å². The molecule has 0 saturated heterocycles. The van der Waals surface area contributed by atoms with E-state index in [-0.39, 0.29) is 35.9 Å². The van der Waals surface area contributed by atoms with Gasteiger partial charge in [0.2, 0.25) is 17.7 Å². The van der Waals surface area contributed by atoms with Crippen LogP contribution in [0.2, 0.25) is 0 Å². The van der Waals surface area contributed by atoms with Gasteiger partial charge in [-0.05, 0) is 50.5 Å². The number of carboxylic acids is 1. The lowest BCUT2D eigenvalue weighted by molar-refractivity contribution is -0.142. The standard InChI is InChI=1S/C29H34F2N4O5/c1-39-23-13-12-19(28(33-23)40-2)27-34-26-21(14-20(30)25(31)24(26)16-6-4-3-5-7-16)35(27)15-22(36)32-18-10-8-17(9-11-18)29(37)38/h12-14,16-18H,3-11,15H2,1-2H3,(H,32,36)(H,37,38). The molecular weight excluding hydrogens is 522 g/mol. The normalized spacial score (nSPS) is 19.9.